The number of hydrogen-bond acceptors (Lipinski definition) is 3. The summed E-state index contributed by atoms with van der Waals surface area (Å²) in [6, 6.07) is 0. The van der Waals surface area contributed by atoms with E-state index in [9.17, 15) is 4.79 Å². The number of aliphatic carboxylic acids is 1. The van der Waals surface area contributed by atoms with E-state index in [1.165, 1.54) is 0 Å². The molecule has 0 heterocycles. The van der Waals surface area contributed by atoms with Crippen LogP contribution in [0.25, 0.3) is 0 Å². The molecule has 0 aromatic rings. The first kappa shape index (κ1) is 9.39. The topological polar surface area (TPSA) is 66.8 Å². The van der Waals surface area contributed by atoms with Crippen molar-refractivity contribution in [3.8, 4) is 0 Å². The fraction of sp³-hybridized carbons (Fsp3) is 0.833. The highest BCUT2D eigenvalue weighted by Crippen LogP contribution is 1.91. The van der Waals surface area contributed by atoms with Gasteiger partial charge in [0.15, 0.2) is 6.10 Å². The number of carbonyl (C=O) groups is 1. The number of aliphatic hydroxyl groups excluding tert-OH is 1. The average molecular weight is 148 g/mol. The van der Waals surface area contributed by atoms with Crippen molar-refractivity contribution in [2.75, 3.05) is 13.2 Å². The molecule has 0 aliphatic heterocycles. The maximum atomic E-state index is 10.2. The van der Waals surface area contributed by atoms with Crippen molar-refractivity contribution in [3.05, 3.63) is 0 Å². The Balaban J connectivity index is 3.50. The number of ether oxygens (including phenoxy) is 1. The van der Waals surface area contributed by atoms with Gasteiger partial charge in [0.05, 0.1) is 6.61 Å². The minimum atomic E-state index is -1.11. The maximum absolute atomic E-state index is 10.2. The highest BCUT2D eigenvalue weighted by Gasteiger charge is 2.15. The molecule has 60 valence electrons. The predicted octanol–water partition coefficient (Wildman–Crippen LogP) is -0.142. The first-order chi connectivity index (χ1) is 4.72. The van der Waals surface area contributed by atoms with Crippen LogP contribution in [0.3, 0.4) is 0 Å². The highest BCUT2D eigenvalue weighted by atomic mass is 16.5. The Morgan fingerprint density at radius 2 is 2.30 bits per heavy atom. The van der Waals surface area contributed by atoms with Crippen molar-refractivity contribution >= 4 is 5.97 Å². The van der Waals surface area contributed by atoms with Crippen LogP contribution >= 0.6 is 0 Å². The van der Waals surface area contributed by atoms with Gasteiger partial charge in [0.2, 0.25) is 0 Å². The summed E-state index contributed by atoms with van der Waals surface area (Å²) in [5.41, 5.74) is 0. The van der Waals surface area contributed by atoms with Crippen LogP contribution in [0.15, 0.2) is 0 Å². The van der Waals surface area contributed by atoms with Gasteiger partial charge in [0.1, 0.15) is 0 Å². The molecule has 0 spiro atoms. The Hall–Kier alpha value is -0.610. The van der Waals surface area contributed by atoms with E-state index in [1.54, 1.807) is 0 Å². The van der Waals surface area contributed by atoms with Crippen molar-refractivity contribution in [2.45, 2.75) is 19.4 Å². The van der Waals surface area contributed by atoms with Crippen LogP contribution in [0.4, 0.5) is 0 Å². The Kier molecular flexibility index (Phi) is 4.88. The summed E-state index contributed by atoms with van der Waals surface area (Å²) in [7, 11) is 0. The van der Waals surface area contributed by atoms with Gasteiger partial charge in [-0.25, -0.2) is 4.79 Å². The number of aliphatic hydroxyl groups is 1. The molecule has 2 N–H and O–H groups in total. The molecule has 0 aromatic heterocycles. The molecule has 4 heteroatoms. The van der Waals surface area contributed by atoms with E-state index in [4.69, 9.17) is 14.9 Å². The minimum Gasteiger partial charge on any atom is -0.479 e. The first-order valence-corrected chi connectivity index (χ1v) is 3.17. The summed E-state index contributed by atoms with van der Waals surface area (Å²) >= 11 is 0. The smallest absolute Gasteiger partial charge is 0.335 e. The van der Waals surface area contributed by atoms with Crippen LogP contribution in [0.5, 0.6) is 0 Å². The molecule has 10 heavy (non-hydrogen) atoms. The molecule has 0 unspecified atom stereocenters. The molecular weight excluding hydrogens is 136 g/mol. The average Bonchev–Trinajstić information content (AvgIpc) is 1.89. The third-order valence-corrected chi connectivity index (χ3v) is 0.964. The molecule has 4 nitrogen and oxygen atoms in total. The first-order valence-electron chi connectivity index (χ1n) is 3.17. The van der Waals surface area contributed by atoms with Gasteiger partial charge < -0.3 is 14.9 Å². The summed E-state index contributed by atoms with van der Waals surface area (Å²) in [6.07, 6.45) is -0.302. The number of carboxylic acids is 1. The molecule has 0 aliphatic rings. The Morgan fingerprint density at radius 1 is 1.70 bits per heavy atom. The third kappa shape index (κ3) is 3.42. The van der Waals surface area contributed by atoms with Crippen molar-refractivity contribution < 1.29 is 19.7 Å². The standard InChI is InChI=1S/C6H12O4/c1-2-3-10-5(4-7)6(8)9/h5,7H,2-4H2,1H3,(H,8,9)/t5-/m0/s1. The minimum absolute atomic E-state index is 0.373. The molecular formula is C6H12O4. The van der Waals surface area contributed by atoms with Crippen LogP contribution in [0.2, 0.25) is 0 Å². The lowest BCUT2D eigenvalue weighted by Crippen LogP contribution is -2.27. The Labute approximate surface area is 59.4 Å². The lowest BCUT2D eigenvalue weighted by molar-refractivity contribution is -0.152. The van der Waals surface area contributed by atoms with Crippen molar-refractivity contribution in [3.63, 3.8) is 0 Å². The van der Waals surface area contributed by atoms with Gasteiger partial charge in [0.25, 0.3) is 0 Å². The zero-order valence-electron chi connectivity index (χ0n) is 5.91. The molecule has 0 saturated carbocycles. The summed E-state index contributed by atoms with van der Waals surface area (Å²) in [5.74, 6) is -1.11. The largest absolute Gasteiger partial charge is 0.479 e. The fourth-order valence-corrected chi connectivity index (χ4v) is 0.462. The molecule has 0 bridgehead atoms. The molecule has 1 atom stereocenters. The van der Waals surface area contributed by atoms with Gasteiger partial charge in [-0.15, -0.1) is 0 Å². The van der Waals surface area contributed by atoms with E-state index in [-0.39, 0.29) is 0 Å². The predicted molar refractivity (Wildman–Crippen MR) is 34.8 cm³/mol. The summed E-state index contributed by atoms with van der Waals surface area (Å²) in [4.78, 5) is 10.2. The van der Waals surface area contributed by atoms with Crippen LogP contribution < -0.4 is 0 Å². The normalized spacial score (nSPS) is 13.0. The Morgan fingerprint density at radius 3 is 2.60 bits per heavy atom. The van der Waals surface area contributed by atoms with E-state index in [0.29, 0.717) is 6.61 Å². The van der Waals surface area contributed by atoms with Gasteiger partial charge >= 0.3 is 5.97 Å². The van der Waals surface area contributed by atoms with Gasteiger partial charge in [-0.1, -0.05) is 6.92 Å². The monoisotopic (exact) mass is 148 g/mol. The van der Waals surface area contributed by atoms with Crippen LogP contribution in [0, 0.1) is 0 Å². The van der Waals surface area contributed by atoms with E-state index in [1.807, 2.05) is 6.92 Å². The van der Waals surface area contributed by atoms with Gasteiger partial charge in [-0.05, 0) is 6.42 Å². The zero-order valence-corrected chi connectivity index (χ0v) is 5.91. The summed E-state index contributed by atoms with van der Waals surface area (Å²) < 4.78 is 4.75. The Bertz CT molecular complexity index is 102. The quantitative estimate of drug-likeness (QED) is 0.569. The maximum Gasteiger partial charge on any atom is 0.335 e. The lowest BCUT2D eigenvalue weighted by atomic mass is 10.4. The van der Waals surface area contributed by atoms with Crippen LogP contribution in [-0.2, 0) is 9.53 Å². The molecule has 0 aromatic carbocycles. The molecule has 0 amide bonds. The van der Waals surface area contributed by atoms with E-state index < -0.39 is 18.7 Å². The van der Waals surface area contributed by atoms with Crippen LogP contribution in [-0.4, -0.2) is 35.5 Å². The number of rotatable bonds is 5. The molecule has 0 radical (unpaired) electrons. The van der Waals surface area contributed by atoms with E-state index in [0.717, 1.165) is 6.42 Å². The summed E-state index contributed by atoms with van der Waals surface area (Å²) in [5, 5.41) is 16.7. The second-order valence-corrected chi connectivity index (χ2v) is 1.88. The van der Waals surface area contributed by atoms with Crippen molar-refractivity contribution in [1.29, 1.82) is 0 Å². The van der Waals surface area contributed by atoms with Gasteiger partial charge in [0, 0.05) is 6.61 Å². The molecule has 0 fully saturated rings. The third-order valence-electron chi connectivity index (χ3n) is 0.964. The van der Waals surface area contributed by atoms with Crippen LogP contribution in [0.1, 0.15) is 13.3 Å². The second-order valence-electron chi connectivity index (χ2n) is 1.88. The van der Waals surface area contributed by atoms with Gasteiger partial charge in [-0.2, -0.15) is 0 Å². The van der Waals surface area contributed by atoms with E-state index in [2.05, 4.69) is 0 Å². The molecule has 0 aliphatic carbocycles. The lowest BCUT2D eigenvalue weighted by Gasteiger charge is -2.08. The molecule has 0 rings (SSSR count). The SMILES string of the molecule is CCCO[C@@H](CO)C(=O)O. The number of carboxylic acid groups (broad SMARTS) is 1. The fourth-order valence-electron chi connectivity index (χ4n) is 0.462. The van der Waals surface area contributed by atoms with E-state index >= 15 is 0 Å². The zero-order chi connectivity index (χ0) is 7.98. The highest BCUT2D eigenvalue weighted by molar-refractivity contribution is 5.72. The second kappa shape index (κ2) is 5.20. The number of hydrogen-bond donors (Lipinski definition) is 2. The van der Waals surface area contributed by atoms with Gasteiger partial charge in [-0.3, -0.25) is 0 Å². The summed E-state index contributed by atoms with van der Waals surface area (Å²) in [6.45, 7) is 1.78. The van der Waals surface area contributed by atoms with Crippen molar-refractivity contribution in [1.82, 2.24) is 0 Å². The van der Waals surface area contributed by atoms with Crippen molar-refractivity contribution in [2.24, 2.45) is 0 Å². The molecule has 0 saturated heterocycles.